The number of hydrogen-bond donors (Lipinski definition) is 0. The zero-order valence-electron chi connectivity index (χ0n) is 7.31. The molecule has 3 heteroatoms. The van der Waals surface area contributed by atoms with Gasteiger partial charge in [-0.1, -0.05) is 23.4 Å². The van der Waals surface area contributed by atoms with Gasteiger partial charge >= 0.3 is 0 Å². The van der Waals surface area contributed by atoms with Crippen molar-refractivity contribution in [1.82, 2.24) is 5.16 Å². The summed E-state index contributed by atoms with van der Waals surface area (Å²) in [5.74, 6) is 0.839. The molecule has 1 aromatic carbocycles. The Morgan fingerprint density at radius 3 is 2.86 bits per heavy atom. The van der Waals surface area contributed by atoms with E-state index >= 15 is 0 Å². The van der Waals surface area contributed by atoms with Gasteiger partial charge in [0.15, 0.2) is 5.76 Å². The van der Waals surface area contributed by atoms with Gasteiger partial charge in [0, 0.05) is 10.8 Å². The lowest BCUT2D eigenvalue weighted by Gasteiger charge is -1.83. The highest BCUT2D eigenvalue weighted by molar-refractivity contribution is 7.22. The molecule has 0 aliphatic rings. The third-order valence-corrected chi connectivity index (χ3v) is 3.24. The molecule has 0 bridgehead atoms. The quantitative estimate of drug-likeness (QED) is 0.601. The normalized spacial score (nSPS) is 10.9. The van der Waals surface area contributed by atoms with Gasteiger partial charge in [0.25, 0.3) is 0 Å². The highest BCUT2D eigenvalue weighted by atomic mass is 32.1. The fraction of sp³-hybridized carbons (Fsp3) is 0. The molecule has 2 heterocycles. The molecule has 0 aliphatic carbocycles. The minimum absolute atomic E-state index is 0.839. The Kier molecular flexibility index (Phi) is 1.64. The third kappa shape index (κ3) is 1.14. The predicted octanol–water partition coefficient (Wildman–Crippen LogP) is 3.56. The molecule has 0 fully saturated rings. The smallest absolute Gasteiger partial charge is 0.176 e. The lowest BCUT2D eigenvalue weighted by atomic mass is 10.2. The molecular formula is C11H7NOS. The van der Waals surface area contributed by atoms with Crippen molar-refractivity contribution in [1.29, 1.82) is 0 Å². The van der Waals surface area contributed by atoms with Crippen LogP contribution in [0.5, 0.6) is 0 Å². The third-order valence-electron chi connectivity index (χ3n) is 2.11. The summed E-state index contributed by atoms with van der Waals surface area (Å²) in [4.78, 5) is 1.13. The summed E-state index contributed by atoms with van der Waals surface area (Å²) in [5, 5.41) is 4.95. The van der Waals surface area contributed by atoms with E-state index in [4.69, 9.17) is 4.52 Å². The lowest BCUT2D eigenvalue weighted by Crippen LogP contribution is -1.60. The Morgan fingerprint density at radius 1 is 1.14 bits per heavy atom. The van der Waals surface area contributed by atoms with Crippen LogP contribution in [-0.4, -0.2) is 5.16 Å². The summed E-state index contributed by atoms with van der Waals surface area (Å²) in [6.45, 7) is 0. The molecule has 0 N–H and O–H groups in total. The van der Waals surface area contributed by atoms with E-state index in [9.17, 15) is 0 Å². The van der Waals surface area contributed by atoms with Crippen LogP contribution in [0.2, 0.25) is 0 Å². The van der Waals surface area contributed by atoms with Crippen molar-refractivity contribution in [3.05, 3.63) is 42.6 Å². The maximum Gasteiger partial charge on any atom is 0.176 e. The molecule has 2 aromatic heterocycles. The average Bonchev–Trinajstić information content (AvgIpc) is 2.86. The summed E-state index contributed by atoms with van der Waals surface area (Å²) in [6.07, 6.45) is 1.67. The summed E-state index contributed by atoms with van der Waals surface area (Å²) >= 11 is 1.72. The Bertz CT molecular complexity index is 520. The topological polar surface area (TPSA) is 26.0 Å². The van der Waals surface area contributed by atoms with Crippen LogP contribution in [-0.2, 0) is 0 Å². The van der Waals surface area contributed by atoms with Crippen LogP contribution in [0.4, 0.5) is 0 Å². The van der Waals surface area contributed by atoms with E-state index in [1.165, 1.54) is 10.1 Å². The van der Waals surface area contributed by atoms with Crippen LogP contribution < -0.4 is 0 Å². The molecule has 0 unspecified atom stereocenters. The fourth-order valence-corrected chi connectivity index (χ4v) is 2.47. The average molecular weight is 201 g/mol. The van der Waals surface area contributed by atoms with Gasteiger partial charge in [-0.3, -0.25) is 0 Å². The second kappa shape index (κ2) is 2.96. The first-order valence-corrected chi connectivity index (χ1v) is 5.15. The minimum Gasteiger partial charge on any atom is -0.355 e. The number of aromatic nitrogens is 1. The molecule has 14 heavy (non-hydrogen) atoms. The number of thiophene rings is 1. The molecule has 0 amide bonds. The largest absolute Gasteiger partial charge is 0.355 e. The molecule has 0 atom stereocenters. The molecule has 0 spiro atoms. The number of hydrogen-bond acceptors (Lipinski definition) is 3. The Hall–Kier alpha value is -1.61. The first kappa shape index (κ1) is 7.76. The molecule has 0 aliphatic heterocycles. The second-order valence-electron chi connectivity index (χ2n) is 3.03. The zero-order chi connectivity index (χ0) is 9.38. The van der Waals surface area contributed by atoms with Crippen molar-refractivity contribution >= 4 is 21.4 Å². The van der Waals surface area contributed by atoms with Crippen LogP contribution >= 0.6 is 11.3 Å². The maximum atomic E-state index is 5.11. The van der Waals surface area contributed by atoms with Gasteiger partial charge in [-0.05, 0) is 17.5 Å². The first-order chi connectivity index (χ1) is 6.93. The van der Waals surface area contributed by atoms with Crippen molar-refractivity contribution in [3.63, 3.8) is 0 Å². The summed E-state index contributed by atoms with van der Waals surface area (Å²) in [6, 6.07) is 12.3. The van der Waals surface area contributed by atoms with E-state index in [-0.39, 0.29) is 0 Å². The molecule has 3 rings (SSSR count). The van der Waals surface area contributed by atoms with Gasteiger partial charge in [-0.25, -0.2) is 0 Å². The van der Waals surface area contributed by atoms with E-state index < -0.39 is 0 Å². The van der Waals surface area contributed by atoms with Gasteiger partial charge in [0.2, 0.25) is 0 Å². The highest BCUT2D eigenvalue weighted by Crippen LogP contribution is 2.32. The zero-order valence-corrected chi connectivity index (χ0v) is 8.12. The van der Waals surface area contributed by atoms with Crippen molar-refractivity contribution in [2.45, 2.75) is 0 Å². The van der Waals surface area contributed by atoms with E-state index in [1.807, 2.05) is 18.2 Å². The lowest BCUT2D eigenvalue weighted by molar-refractivity contribution is 0.433. The van der Waals surface area contributed by atoms with E-state index in [2.05, 4.69) is 23.4 Å². The van der Waals surface area contributed by atoms with E-state index in [0.29, 0.717) is 0 Å². The van der Waals surface area contributed by atoms with Crippen molar-refractivity contribution < 1.29 is 4.52 Å². The predicted molar refractivity (Wildman–Crippen MR) is 57.3 cm³/mol. The minimum atomic E-state index is 0.839. The molecule has 0 radical (unpaired) electrons. The first-order valence-electron chi connectivity index (χ1n) is 4.33. The number of rotatable bonds is 1. The Morgan fingerprint density at radius 2 is 2.07 bits per heavy atom. The van der Waals surface area contributed by atoms with Gasteiger partial charge in [0.05, 0.1) is 11.1 Å². The van der Waals surface area contributed by atoms with E-state index in [1.54, 1.807) is 17.5 Å². The van der Waals surface area contributed by atoms with Gasteiger partial charge in [-0.2, -0.15) is 0 Å². The van der Waals surface area contributed by atoms with Crippen LogP contribution in [0.1, 0.15) is 0 Å². The second-order valence-corrected chi connectivity index (χ2v) is 4.11. The molecule has 2 nitrogen and oxygen atoms in total. The van der Waals surface area contributed by atoms with Crippen LogP contribution in [0.3, 0.4) is 0 Å². The van der Waals surface area contributed by atoms with Crippen molar-refractivity contribution in [3.8, 4) is 10.6 Å². The van der Waals surface area contributed by atoms with E-state index in [0.717, 1.165) is 10.6 Å². The standard InChI is InChI=1S/C11H7NOS/c1-2-4-10-8(3-1)7-11(14-10)9-5-6-12-13-9/h1-7H. The molecule has 0 saturated heterocycles. The Balaban J connectivity index is 2.24. The summed E-state index contributed by atoms with van der Waals surface area (Å²) < 4.78 is 6.39. The number of benzene rings is 1. The molecular weight excluding hydrogens is 194 g/mol. The fourth-order valence-electron chi connectivity index (χ4n) is 1.45. The molecule has 0 saturated carbocycles. The van der Waals surface area contributed by atoms with Gasteiger partial charge < -0.3 is 4.52 Å². The van der Waals surface area contributed by atoms with Gasteiger partial charge in [-0.15, -0.1) is 11.3 Å². The van der Waals surface area contributed by atoms with Crippen molar-refractivity contribution in [2.75, 3.05) is 0 Å². The van der Waals surface area contributed by atoms with Crippen LogP contribution in [0.25, 0.3) is 20.7 Å². The number of fused-ring (bicyclic) bond motifs is 1. The number of nitrogens with zero attached hydrogens (tertiary/aromatic N) is 1. The maximum absolute atomic E-state index is 5.11. The van der Waals surface area contributed by atoms with Crippen LogP contribution in [0, 0.1) is 0 Å². The molecule has 3 aromatic rings. The summed E-state index contributed by atoms with van der Waals surface area (Å²) in [5.41, 5.74) is 0. The Labute approximate surface area is 84.8 Å². The SMILES string of the molecule is c1ccc2sc(-c3ccno3)cc2c1. The molecule has 68 valence electrons. The summed E-state index contributed by atoms with van der Waals surface area (Å²) in [7, 11) is 0. The highest BCUT2D eigenvalue weighted by Gasteiger charge is 2.05. The van der Waals surface area contributed by atoms with Crippen molar-refractivity contribution in [2.24, 2.45) is 0 Å². The van der Waals surface area contributed by atoms with Gasteiger partial charge in [0.1, 0.15) is 0 Å². The van der Waals surface area contributed by atoms with Crippen LogP contribution in [0.15, 0.2) is 47.1 Å². The monoisotopic (exact) mass is 201 g/mol.